The third-order valence-corrected chi connectivity index (χ3v) is 3.22. The average Bonchev–Trinajstić information content (AvgIpc) is 2.58. The number of carbonyl (C=O) groups excluding carboxylic acids is 3. The van der Waals surface area contributed by atoms with Crippen LogP contribution in [-0.2, 0) is 6.54 Å². The summed E-state index contributed by atoms with van der Waals surface area (Å²) in [6.07, 6.45) is 0.993. The van der Waals surface area contributed by atoms with Crippen LogP contribution in [0.3, 0.4) is 0 Å². The van der Waals surface area contributed by atoms with E-state index in [1.807, 2.05) is 0 Å². The van der Waals surface area contributed by atoms with Gasteiger partial charge >= 0.3 is 0 Å². The molecule has 0 saturated heterocycles. The van der Waals surface area contributed by atoms with Crippen LogP contribution in [0.25, 0.3) is 0 Å². The van der Waals surface area contributed by atoms with Gasteiger partial charge in [-0.15, -0.1) is 0 Å². The van der Waals surface area contributed by atoms with Gasteiger partial charge in [-0.3, -0.25) is 19.8 Å². The number of carbonyl (C=O) groups is 3. The molecule has 0 spiro atoms. The Kier molecular flexibility index (Phi) is 5.06. The Labute approximate surface area is 131 Å². The first-order chi connectivity index (χ1) is 11.1. The van der Waals surface area contributed by atoms with E-state index in [1.165, 1.54) is 24.3 Å². The van der Waals surface area contributed by atoms with Crippen LogP contribution in [0.2, 0.25) is 0 Å². The van der Waals surface area contributed by atoms with Gasteiger partial charge in [0.05, 0.1) is 11.1 Å². The summed E-state index contributed by atoms with van der Waals surface area (Å²) in [4.78, 5) is 33.9. The van der Waals surface area contributed by atoms with Crippen molar-refractivity contribution in [2.24, 2.45) is 0 Å². The lowest BCUT2D eigenvalue weighted by Crippen LogP contribution is -2.37. The molecule has 0 bridgehead atoms. The molecule has 0 fully saturated rings. The van der Waals surface area contributed by atoms with Crippen molar-refractivity contribution in [3.63, 3.8) is 0 Å². The molecule has 2 aromatic rings. The zero-order chi connectivity index (χ0) is 16.8. The summed E-state index contributed by atoms with van der Waals surface area (Å²) < 4.78 is 0. The number of rotatable bonds is 6. The molecule has 118 valence electrons. The molecule has 0 heterocycles. The Morgan fingerprint density at radius 2 is 1.78 bits per heavy atom. The molecule has 2 aromatic carbocycles. The molecule has 4 N–H and O–H groups in total. The fraction of sp³-hybridized carbons (Fsp3) is 0.0625. The van der Waals surface area contributed by atoms with Gasteiger partial charge in [-0.2, -0.15) is 0 Å². The van der Waals surface area contributed by atoms with Crippen LogP contribution in [0.5, 0.6) is 11.5 Å². The summed E-state index contributed by atoms with van der Waals surface area (Å²) in [5, 5.41) is 18.9. The Morgan fingerprint density at radius 1 is 1.04 bits per heavy atom. The SMILES string of the molecule is O=Cc1ccccc1C(=O)NNCc1ccc(O)c(O)c1C=O. The first-order valence-corrected chi connectivity index (χ1v) is 6.65. The van der Waals surface area contributed by atoms with Crippen molar-refractivity contribution in [1.82, 2.24) is 10.9 Å². The smallest absolute Gasteiger partial charge is 0.266 e. The summed E-state index contributed by atoms with van der Waals surface area (Å²) in [7, 11) is 0. The third kappa shape index (κ3) is 3.53. The molecule has 0 aliphatic carbocycles. The molecule has 7 nitrogen and oxygen atoms in total. The summed E-state index contributed by atoms with van der Waals surface area (Å²) in [5.74, 6) is -1.43. The van der Waals surface area contributed by atoms with Crippen molar-refractivity contribution in [2.75, 3.05) is 0 Å². The molecule has 0 aliphatic rings. The molecule has 0 aliphatic heterocycles. The largest absolute Gasteiger partial charge is 0.504 e. The van der Waals surface area contributed by atoms with E-state index in [-0.39, 0.29) is 23.2 Å². The molecule has 7 heteroatoms. The minimum atomic E-state index is -0.517. The van der Waals surface area contributed by atoms with Gasteiger partial charge in [0.2, 0.25) is 0 Å². The lowest BCUT2D eigenvalue weighted by Gasteiger charge is -2.11. The maximum atomic E-state index is 12.0. The van der Waals surface area contributed by atoms with Crippen LogP contribution in [0.15, 0.2) is 36.4 Å². The maximum Gasteiger partial charge on any atom is 0.266 e. The predicted molar refractivity (Wildman–Crippen MR) is 81.3 cm³/mol. The van der Waals surface area contributed by atoms with Crippen molar-refractivity contribution < 1.29 is 24.6 Å². The molecule has 23 heavy (non-hydrogen) atoms. The maximum absolute atomic E-state index is 12.0. The highest BCUT2D eigenvalue weighted by atomic mass is 16.3. The van der Waals surface area contributed by atoms with Crippen LogP contribution < -0.4 is 10.9 Å². The quantitative estimate of drug-likeness (QED) is 0.361. The van der Waals surface area contributed by atoms with Gasteiger partial charge in [0, 0.05) is 12.1 Å². The Bertz CT molecular complexity index is 758. The average molecular weight is 314 g/mol. The standard InChI is InChI=1S/C16H14N2O5/c19-8-11-3-1-2-4-12(11)16(23)18-17-7-10-5-6-14(21)15(22)13(10)9-20/h1-6,8-9,17,21-22H,7H2,(H,18,23). The number of amides is 1. The summed E-state index contributed by atoms with van der Waals surface area (Å²) in [6.45, 7) is 0.0386. The van der Waals surface area contributed by atoms with E-state index < -0.39 is 17.4 Å². The second-order valence-corrected chi connectivity index (χ2v) is 4.64. The van der Waals surface area contributed by atoms with E-state index in [4.69, 9.17) is 0 Å². The predicted octanol–water partition coefficient (Wildman–Crippen LogP) is 1.16. The Morgan fingerprint density at radius 3 is 2.48 bits per heavy atom. The van der Waals surface area contributed by atoms with Crippen LogP contribution >= 0.6 is 0 Å². The first kappa shape index (κ1) is 16.2. The molecule has 2 rings (SSSR count). The van der Waals surface area contributed by atoms with E-state index in [9.17, 15) is 24.6 Å². The second-order valence-electron chi connectivity index (χ2n) is 4.64. The lowest BCUT2D eigenvalue weighted by molar-refractivity contribution is 0.0927. The van der Waals surface area contributed by atoms with Gasteiger partial charge in [0.15, 0.2) is 24.1 Å². The summed E-state index contributed by atoms with van der Waals surface area (Å²) in [5.41, 5.74) is 5.78. The Hall–Kier alpha value is -3.19. The fourth-order valence-corrected chi connectivity index (χ4v) is 2.02. The highest BCUT2D eigenvalue weighted by molar-refractivity contribution is 6.01. The number of aldehydes is 2. The van der Waals surface area contributed by atoms with Crippen molar-refractivity contribution in [1.29, 1.82) is 0 Å². The number of hydrazine groups is 1. The number of nitrogens with one attached hydrogen (secondary N) is 2. The zero-order valence-corrected chi connectivity index (χ0v) is 11.9. The highest BCUT2D eigenvalue weighted by Gasteiger charge is 2.13. The van der Waals surface area contributed by atoms with E-state index in [0.717, 1.165) is 0 Å². The molecule has 0 radical (unpaired) electrons. The molecule has 0 atom stereocenters. The lowest BCUT2D eigenvalue weighted by atomic mass is 10.1. The van der Waals surface area contributed by atoms with Crippen molar-refractivity contribution >= 4 is 18.5 Å². The number of hydrogen-bond acceptors (Lipinski definition) is 6. The fourth-order valence-electron chi connectivity index (χ4n) is 2.02. The van der Waals surface area contributed by atoms with E-state index in [0.29, 0.717) is 18.1 Å². The van der Waals surface area contributed by atoms with Crippen molar-refractivity contribution in [3.8, 4) is 11.5 Å². The highest BCUT2D eigenvalue weighted by Crippen LogP contribution is 2.29. The van der Waals surface area contributed by atoms with E-state index >= 15 is 0 Å². The summed E-state index contributed by atoms with van der Waals surface area (Å²) >= 11 is 0. The minimum absolute atomic E-state index is 0.0386. The van der Waals surface area contributed by atoms with Crippen molar-refractivity contribution in [2.45, 2.75) is 6.54 Å². The van der Waals surface area contributed by atoms with Gasteiger partial charge in [-0.1, -0.05) is 24.3 Å². The van der Waals surface area contributed by atoms with Crippen LogP contribution in [-0.4, -0.2) is 28.7 Å². The Balaban J connectivity index is 2.06. The molecular weight excluding hydrogens is 300 g/mol. The molecule has 0 aromatic heterocycles. The van der Waals surface area contributed by atoms with Gasteiger partial charge in [0.25, 0.3) is 5.91 Å². The number of phenolic OH excluding ortho intramolecular Hbond substituents is 2. The molecule has 0 saturated carbocycles. The molecule has 0 unspecified atom stereocenters. The van der Waals surface area contributed by atoms with Crippen LogP contribution in [0.1, 0.15) is 36.6 Å². The van der Waals surface area contributed by atoms with Crippen LogP contribution in [0.4, 0.5) is 0 Å². The van der Waals surface area contributed by atoms with E-state index in [1.54, 1.807) is 12.1 Å². The third-order valence-electron chi connectivity index (χ3n) is 3.22. The monoisotopic (exact) mass is 314 g/mol. The van der Waals surface area contributed by atoms with Gasteiger partial charge < -0.3 is 10.2 Å². The van der Waals surface area contributed by atoms with Crippen molar-refractivity contribution in [3.05, 3.63) is 58.7 Å². The number of aromatic hydroxyl groups is 2. The normalized spacial score (nSPS) is 10.1. The zero-order valence-electron chi connectivity index (χ0n) is 11.9. The first-order valence-electron chi connectivity index (χ1n) is 6.65. The second kappa shape index (κ2) is 7.19. The number of hydrogen-bond donors (Lipinski definition) is 4. The minimum Gasteiger partial charge on any atom is -0.504 e. The van der Waals surface area contributed by atoms with Gasteiger partial charge in [-0.25, -0.2) is 5.43 Å². The number of phenols is 2. The summed E-state index contributed by atoms with van der Waals surface area (Å²) in [6, 6.07) is 8.97. The van der Waals surface area contributed by atoms with Crippen LogP contribution in [0, 0.1) is 0 Å². The molecule has 1 amide bonds. The number of benzene rings is 2. The topological polar surface area (TPSA) is 116 Å². The van der Waals surface area contributed by atoms with Gasteiger partial charge in [0.1, 0.15) is 0 Å². The molecular formula is C16H14N2O5. The van der Waals surface area contributed by atoms with E-state index in [2.05, 4.69) is 10.9 Å². The van der Waals surface area contributed by atoms with Gasteiger partial charge in [-0.05, 0) is 17.7 Å².